The van der Waals surface area contributed by atoms with Gasteiger partial charge in [-0.3, -0.25) is 4.79 Å². The third-order valence-corrected chi connectivity index (χ3v) is 3.82. The zero-order valence-corrected chi connectivity index (χ0v) is 13.5. The van der Waals surface area contributed by atoms with E-state index in [-0.39, 0.29) is 11.3 Å². The summed E-state index contributed by atoms with van der Waals surface area (Å²) in [6.07, 6.45) is 3.08. The van der Waals surface area contributed by atoms with Crippen molar-refractivity contribution < 1.29 is 18.7 Å². The van der Waals surface area contributed by atoms with E-state index < -0.39 is 17.9 Å². The van der Waals surface area contributed by atoms with Gasteiger partial charge in [0.05, 0.1) is 0 Å². The van der Waals surface area contributed by atoms with Crippen molar-refractivity contribution >= 4 is 28.7 Å². The molecule has 0 fully saturated rings. The third-order valence-electron chi connectivity index (χ3n) is 3.82. The normalized spacial score (nSPS) is 12.4. The van der Waals surface area contributed by atoms with Gasteiger partial charge >= 0.3 is 5.97 Å². The summed E-state index contributed by atoms with van der Waals surface area (Å²) in [5.41, 5.74) is 1.58. The lowest BCUT2D eigenvalue weighted by Gasteiger charge is -2.10. The highest BCUT2D eigenvalue weighted by Crippen LogP contribution is 2.20. The SMILES string of the molecule is C[C@H](OC(=O)/C=C/c1ccccc1F)C(=O)c1c[nH]c2ccccc12. The molecule has 0 aliphatic carbocycles. The van der Waals surface area contributed by atoms with E-state index in [4.69, 9.17) is 4.74 Å². The lowest BCUT2D eigenvalue weighted by molar-refractivity contribution is -0.140. The van der Waals surface area contributed by atoms with Crippen LogP contribution >= 0.6 is 0 Å². The summed E-state index contributed by atoms with van der Waals surface area (Å²) in [6.45, 7) is 1.51. The number of carbonyl (C=O) groups excluding carboxylic acids is 2. The number of carbonyl (C=O) groups is 2. The molecule has 0 spiro atoms. The first-order chi connectivity index (χ1) is 12.1. The molecular formula is C20H16FNO3. The van der Waals surface area contributed by atoms with E-state index in [2.05, 4.69) is 4.98 Å². The van der Waals surface area contributed by atoms with Gasteiger partial charge in [0.2, 0.25) is 5.78 Å². The molecule has 3 rings (SSSR count). The van der Waals surface area contributed by atoms with Gasteiger partial charge in [-0.05, 0) is 25.1 Å². The maximum absolute atomic E-state index is 13.5. The van der Waals surface area contributed by atoms with Gasteiger partial charge in [-0.2, -0.15) is 0 Å². The average molecular weight is 337 g/mol. The van der Waals surface area contributed by atoms with E-state index in [1.165, 1.54) is 19.1 Å². The summed E-state index contributed by atoms with van der Waals surface area (Å²) in [5.74, 6) is -1.44. The number of esters is 1. The van der Waals surface area contributed by atoms with Crippen LogP contribution in [0.2, 0.25) is 0 Å². The number of hydrogen-bond donors (Lipinski definition) is 1. The van der Waals surface area contributed by atoms with Crippen LogP contribution in [0.5, 0.6) is 0 Å². The Bertz CT molecular complexity index is 958. The van der Waals surface area contributed by atoms with Gasteiger partial charge in [0.15, 0.2) is 6.10 Å². The number of rotatable bonds is 5. The summed E-state index contributed by atoms with van der Waals surface area (Å²) in [4.78, 5) is 27.4. The molecule has 126 valence electrons. The fourth-order valence-electron chi connectivity index (χ4n) is 2.53. The first kappa shape index (κ1) is 16.6. The lowest BCUT2D eigenvalue weighted by Crippen LogP contribution is -2.23. The fourth-order valence-corrected chi connectivity index (χ4v) is 2.53. The molecule has 4 nitrogen and oxygen atoms in total. The van der Waals surface area contributed by atoms with Crippen LogP contribution in [-0.4, -0.2) is 22.8 Å². The second-order valence-corrected chi connectivity index (χ2v) is 5.55. The van der Waals surface area contributed by atoms with Crippen LogP contribution in [0.3, 0.4) is 0 Å². The van der Waals surface area contributed by atoms with Gasteiger partial charge in [-0.1, -0.05) is 36.4 Å². The van der Waals surface area contributed by atoms with E-state index in [9.17, 15) is 14.0 Å². The summed E-state index contributed by atoms with van der Waals surface area (Å²) >= 11 is 0. The van der Waals surface area contributed by atoms with E-state index in [0.717, 1.165) is 17.0 Å². The number of benzene rings is 2. The predicted molar refractivity (Wildman–Crippen MR) is 93.6 cm³/mol. The van der Waals surface area contributed by atoms with Gasteiger partial charge in [-0.15, -0.1) is 0 Å². The molecule has 0 amide bonds. The summed E-state index contributed by atoms with van der Waals surface area (Å²) in [6, 6.07) is 13.5. The van der Waals surface area contributed by atoms with Gasteiger partial charge in [0, 0.05) is 34.3 Å². The Morgan fingerprint density at radius 3 is 2.64 bits per heavy atom. The molecule has 0 bridgehead atoms. The molecule has 5 heteroatoms. The van der Waals surface area contributed by atoms with Crippen LogP contribution in [0.25, 0.3) is 17.0 Å². The van der Waals surface area contributed by atoms with Crippen molar-refractivity contribution in [2.45, 2.75) is 13.0 Å². The third kappa shape index (κ3) is 3.66. The fraction of sp³-hybridized carbons (Fsp3) is 0.100. The van der Waals surface area contributed by atoms with Gasteiger partial charge in [0.25, 0.3) is 0 Å². The number of aromatic amines is 1. The Hall–Kier alpha value is -3.21. The van der Waals surface area contributed by atoms with E-state index in [1.54, 1.807) is 24.4 Å². The number of Topliss-reactive ketones (excluding diaryl/α,β-unsaturated/α-hetero) is 1. The first-order valence-corrected chi connectivity index (χ1v) is 7.80. The van der Waals surface area contributed by atoms with E-state index in [1.807, 2.05) is 24.3 Å². The molecule has 0 unspecified atom stereocenters. The van der Waals surface area contributed by atoms with Crippen LogP contribution in [0.15, 0.2) is 60.8 Å². The Labute approximate surface area is 143 Å². The molecule has 0 aliphatic heterocycles. The van der Waals surface area contributed by atoms with Crippen LogP contribution < -0.4 is 0 Å². The minimum absolute atomic E-state index is 0.273. The van der Waals surface area contributed by atoms with Gasteiger partial charge in [0.1, 0.15) is 5.82 Å². The minimum atomic E-state index is -0.947. The molecule has 1 aromatic heterocycles. The van der Waals surface area contributed by atoms with Crippen molar-refractivity contribution in [2.24, 2.45) is 0 Å². The lowest BCUT2D eigenvalue weighted by atomic mass is 10.1. The smallest absolute Gasteiger partial charge is 0.331 e. The number of fused-ring (bicyclic) bond motifs is 1. The van der Waals surface area contributed by atoms with Crippen molar-refractivity contribution in [1.82, 2.24) is 4.98 Å². The number of halogens is 1. The number of H-pyrrole nitrogens is 1. The Morgan fingerprint density at radius 1 is 1.12 bits per heavy atom. The molecule has 0 saturated carbocycles. The number of ketones is 1. The highest BCUT2D eigenvalue weighted by atomic mass is 19.1. The van der Waals surface area contributed by atoms with Crippen LogP contribution in [0.1, 0.15) is 22.8 Å². The first-order valence-electron chi connectivity index (χ1n) is 7.80. The standard InChI is InChI=1S/C20H16FNO3/c1-13(20(24)16-12-22-18-9-5-3-7-15(16)18)25-19(23)11-10-14-6-2-4-8-17(14)21/h2-13,22H,1H3/b11-10+/t13-/m0/s1. The van der Waals surface area contributed by atoms with Crippen LogP contribution in [0, 0.1) is 5.82 Å². The topological polar surface area (TPSA) is 59.2 Å². The highest BCUT2D eigenvalue weighted by Gasteiger charge is 2.21. The van der Waals surface area contributed by atoms with Gasteiger partial charge in [-0.25, -0.2) is 9.18 Å². The molecule has 0 aliphatic rings. The number of nitrogens with one attached hydrogen (secondary N) is 1. The van der Waals surface area contributed by atoms with Crippen molar-refractivity contribution in [1.29, 1.82) is 0 Å². The Balaban J connectivity index is 1.69. The maximum atomic E-state index is 13.5. The van der Waals surface area contributed by atoms with E-state index in [0.29, 0.717) is 5.56 Å². The van der Waals surface area contributed by atoms with Crippen LogP contribution in [0.4, 0.5) is 4.39 Å². The number of para-hydroxylation sites is 1. The Morgan fingerprint density at radius 2 is 1.84 bits per heavy atom. The minimum Gasteiger partial charge on any atom is -0.451 e. The summed E-state index contributed by atoms with van der Waals surface area (Å²) in [5, 5.41) is 0.775. The summed E-state index contributed by atoms with van der Waals surface area (Å²) in [7, 11) is 0. The Kier molecular flexibility index (Phi) is 4.75. The van der Waals surface area contributed by atoms with Crippen molar-refractivity contribution in [2.75, 3.05) is 0 Å². The monoisotopic (exact) mass is 337 g/mol. The second kappa shape index (κ2) is 7.13. The molecule has 0 saturated heterocycles. The largest absolute Gasteiger partial charge is 0.451 e. The van der Waals surface area contributed by atoms with Crippen molar-refractivity contribution in [3.8, 4) is 0 Å². The molecule has 0 radical (unpaired) electrons. The van der Waals surface area contributed by atoms with Crippen LogP contribution in [-0.2, 0) is 9.53 Å². The van der Waals surface area contributed by atoms with Crippen molar-refractivity contribution in [3.05, 3.63) is 77.7 Å². The highest BCUT2D eigenvalue weighted by molar-refractivity contribution is 6.10. The summed E-state index contributed by atoms with van der Waals surface area (Å²) < 4.78 is 18.6. The molecule has 3 aromatic rings. The number of hydrogen-bond acceptors (Lipinski definition) is 3. The van der Waals surface area contributed by atoms with E-state index >= 15 is 0 Å². The van der Waals surface area contributed by atoms with Gasteiger partial charge < -0.3 is 9.72 Å². The number of ether oxygens (including phenoxy) is 1. The zero-order valence-electron chi connectivity index (χ0n) is 13.5. The predicted octanol–water partition coefficient (Wildman–Crippen LogP) is 4.13. The average Bonchev–Trinajstić information content (AvgIpc) is 3.04. The molecule has 1 atom stereocenters. The molecule has 1 heterocycles. The second-order valence-electron chi connectivity index (χ2n) is 5.55. The molecule has 25 heavy (non-hydrogen) atoms. The quantitative estimate of drug-likeness (QED) is 0.432. The zero-order chi connectivity index (χ0) is 17.8. The molecule has 1 N–H and O–H groups in total. The van der Waals surface area contributed by atoms with Crippen molar-refractivity contribution in [3.63, 3.8) is 0 Å². The maximum Gasteiger partial charge on any atom is 0.331 e. The number of aromatic nitrogens is 1. The molecular weight excluding hydrogens is 321 g/mol. The molecule has 2 aromatic carbocycles.